The van der Waals surface area contributed by atoms with E-state index in [0.717, 1.165) is 6.54 Å². The summed E-state index contributed by atoms with van der Waals surface area (Å²) >= 11 is 0. The van der Waals surface area contributed by atoms with E-state index in [0.29, 0.717) is 12.0 Å². The number of benzene rings is 1. The normalized spacial score (nSPS) is 25.0. The first-order chi connectivity index (χ1) is 7.24. The quantitative estimate of drug-likeness (QED) is 0.775. The lowest BCUT2D eigenvalue weighted by atomic mass is 9.83. The SMILES string of the molecule is CCCC1NCC(C)c2c(C)cccc21. The van der Waals surface area contributed by atoms with E-state index < -0.39 is 0 Å². The summed E-state index contributed by atoms with van der Waals surface area (Å²) in [6.45, 7) is 7.95. The molecule has 0 aliphatic carbocycles. The third-order valence-corrected chi connectivity index (χ3v) is 3.47. The zero-order chi connectivity index (χ0) is 10.8. The van der Waals surface area contributed by atoms with E-state index >= 15 is 0 Å². The zero-order valence-electron chi connectivity index (χ0n) is 10.0. The molecule has 1 nitrogen and oxygen atoms in total. The Bertz CT molecular complexity index is 343. The van der Waals surface area contributed by atoms with Crippen molar-refractivity contribution in [2.24, 2.45) is 0 Å². The molecule has 82 valence electrons. The van der Waals surface area contributed by atoms with Gasteiger partial charge >= 0.3 is 0 Å². The fraction of sp³-hybridized carbons (Fsp3) is 0.571. The molecule has 0 radical (unpaired) electrons. The first-order valence-corrected chi connectivity index (χ1v) is 6.06. The number of aryl methyl sites for hydroxylation is 1. The molecule has 15 heavy (non-hydrogen) atoms. The Morgan fingerprint density at radius 1 is 1.40 bits per heavy atom. The average molecular weight is 203 g/mol. The van der Waals surface area contributed by atoms with Gasteiger partial charge in [-0.25, -0.2) is 0 Å². The number of hydrogen-bond acceptors (Lipinski definition) is 1. The Balaban J connectivity index is 2.41. The number of hydrogen-bond donors (Lipinski definition) is 1. The topological polar surface area (TPSA) is 12.0 Å². The summed E-state index contributed by atoms with van der Waals surface area (Å²) in [5, 5.41) is 3.65. The predicted molar refractivity (Wildman–Crippen MR) is 65.2 cm³/mol. The molecule has 1 N–H and O–H groups in total. The molecule has 0 saturated carbocycles. The molecule has 0 spiro atoms. The summed E-state index contributed by atoms with van der Waals surface area (Å²) in [7, 11) is 0. The highest BCUT2D eigenvalue weighted by Crippen LogP contribution is 2.34. The van der Waals surface area contributed by atoms with Crippen LogP contribution in [0.3, 0.4) is 0 Å². The van der Waals surface area contributed by atoms with Crippen LogP contribution in [0.2, 0.25) is 0 Å². The molecule has 0 bridgehead atoms. The van der Waals surface area contributed by atoms with Gasteiger partial charge in [0.2, 0.25) is 0 Å². The number of rotatable bonds is 2. The highest BCUT2D eigenvalue weighted by atomic mass is 14.9. The molecule has 1 aromatic carbocycles. The van der Waals surface area contributed by atoms with Crippen LogP contribution in [0.1, 0.15) is 55.3 Å². The van der Waals surface area contributed by atoms with Crippen molar-refractivity contribution < 1.29 is 0 Å². The van der Waals surface area contributed by atoms with Gasteiger partial charge in [0.25, 0.3) is 0 Å². The molecule has 1 aliphatic heterocycles. The molecular weight excluding hydrogens is 182 g/mol. The van der Waals surface area contributed by atoms with Crippen molar-refractivity contribution in [2.75, 3.05) is 6.54 Å². The number of nitrogens with one attached hydrogen (secondary N) is 1. The molecule has 1 heteroatoms. The molecule has 1 aliphatic rings. The Morgan fingerprint density at radius 3 is 2.93 bits per heavy atom. The van der Waals surface area contributed by atoms with Gasteiger partial charge in [-0.15, -0.1) is 0 Å². The average Bonchev–Trinajstić information content (AvgIpc) is 2.22. The number of fused-ring (bicyclic) bond motifs is 1. The first kappa shape index (κ1) is 10.7. The zero-order valence-corrected chi connectivity index (χ0v) is 10.0. The van der Waals surface area contributed by atoms with E-state index in [1.807, 2.05) is 0 Å². The monoisotopic (exact) mass is 203 g/mol. The van der Waals surface area contributed by atoms with Crippen molar-refractivity contribution in [3.8, 4) is 0 Å². The van der Waals surface area contributed by atoms with Crippen LogP contribution in [0.4, 0.5) is 0 Å². The summed E-state index contributed by atoms with van der Waals surface area (Å²) in [5.74, 6) is 0.661. The Kier molecular flexibility index (Phi) is 3.11. The Hall–Kier alpha value is -0.820. The van der Waals surface area contributed by atoms with Crippen molar-refractivity contribution >= 4 is 0 Å². The first-order valence-electron chi connectivity index (χ1n) is 6.06. The smallest absolute Gasteiger partial charge is 0.0323 e. The molecule has 2 atom stereocenters. The van der Waals surface area contributed by atoms with Crippen LogP contribution in [-0.4, -0.2) is 6.54 Å². The van der Waals surface area contributed by atoms with Crippen LogP contribution in [0.5, 0.6) is 0 Å². The van der Waals surface area contributed by atoms with Crippen LogP contribution >= 0.6 is 0 Å². The molecule has 0 amide bonds. The van der Waals surface area contributed by atoms with E-state index in [1.54, 1.807) is 5.56 Å². The standard InChI is InChI=1S/C14H21N/c1-4-6-13-12-8-5-7-10(2)14(12)11(3)9-15-13/h5,7-8,11,13,15H,4,6,9H2,1-3H3. The van der Waals surface area contributed by atoms with Crippen LogP contribution in [0.25, 0.3) is 0 Å². The molecule has 0 fully saturated rings. The van der Waals surface area contributed by atoms with Gasteiger partial charge in [-0.2, -0.15) is 0 Å². The molecule has 2 unspecified atom stereocenters. The maximum Gasteiger partial charge on any atom is 0.0323 e. The lowest BCUT2D eigenvalue weighted by Crippen LogP contribution is -2.32. The minimum Gasteiger partial charge on any atom is -0.309 e. The van der Waals surface area contributed by atoms with E-state index in [2.05, 4.69) is 44.3 Å². The Labute approximate surface area is 92.9 Å². The maximum absolute atomic E-state index is 3.65. The third-order valence-electron chi connectivity index (χ3n) is 3.47. The van der Waals surface area contributed by atoms with E-state index in [9.17, 15) is 0 Å². The Morgan fingerprint density at radius 2 is 2.20 bits per heavy atom. The second kappa shape index (κ2) is 4.36. The minimum absolute atomic E-state index is 0.584. The molecule has 1 heterocycles. The van der Waals surface area contributed by atoms with Gasteiger partial charge in [-0.3, -0.25) is 0 Å². The lowest BCUT2D eigenvalue weighted by Gasteiger charge is -2.32. The largest absolute Gasteiger partial charge is 0.309 e. The maximum atomic E-state index is 3.65. The molecule has 2 rings (SSSR count). The van der Waals surface area contributed by atoms with Gasteiger partial charge in [-0.05, 0) is 36.0 Å². The summed E-state index contributed by atoms with van der Waals surface area (Å²) in [4.78, 5) is 0. The van der Waals surface area contributed by atoms with Gasteiger partial charge in [-0.1, -0.05) is 38.5 Å². The van der Waals surface area contributed by atoms with Crippen molar-refractivity contribution in [1.82, 2.24) is 5.32 Å². The van der Waals surface area contributed by atoms with Crippen molar-refractivity contribution in [2.45, 2.75) is 45.6 Å². The van der Waals surface area contributed by atoms with E-state index in [4.69, 9.17) is 0 Å². The van der Waals surface area contributed by atoms with E-state index in [1.165, 1.54) is 24.0 Å². The molecular formula is C14H21N. The van der Waals surface area contributed by atoms with Gasteiger partial charge in [0.05, 0.1) is 0 Å². The second-order valence-corrected chi connectivity index (χ2v) is 4.73. The highest BCUT2D eigenvalue weighted by Gasteiger charge is 2.24. The third kappa shape index (κ3) is 1.93. The van der Waals surface area contributed by atoms with Crippen LogP contribution in [0, 0.1) is 6.92 Å². The van der Waals surface area contributed by atoms with Crippen LogP contribution in [-0.2, 0) is 0 Å². The predicted octanol–water partition coefficient (Wildman–Crippen LogP) is 3.54. The van der Waals surface area contributed by atoms with Crippen molar-refractivity contribution in [3.05, 3.63) is 34.9 Å². The van der Waals surface area contributed by atoms with Gasteiger partial charge in [0, 0.05) is 12.6 Å². The molecule has 0 aromatic heterocycles. The summed E-state index contributed by atoms with van der Waals surface area (Å²) in [6.07, 6.45) is 2.50. The van der Waals surface area contributed by atoms with Gasteiger partial charge < -0.3 is 5.32 Å². The lowest BCUT2D eigenvalue weighted by molar-refractivity contribution is 0.440. The highest BCUT2D eigenvalue weighted by molar-refractivity contribution is 5.41. The summed E-state index contributed by atoms with van der Waals surface area (Å²) < 4.78 is 0. The molecule has 1 aromatic rings. The second-order valence-electron chi connectivity index (χ2n) is 4.73. The summed E-state index contributed by atoms with van der Waals surface area (Å²) in [5.41, 5.74) is 4.59. The van der Waals surface area contributed by atoms with Gasteiger partial charge in [0.1, 0.15) is 0 Å². The van der Waals surface area contributed by atoms with Gasteiger partial charge in [0.15, 0.2) is 0 Å². The minimum atomic E-state index is 0.584. The summed E-state index contributed by atoms with van der Waals surface area (Å²) in [6, 6.07) is 7.31. The molecule has 0 saturated heterocycles. The van der Waals surface area contributed by atoms with E-state index in [-0.39, 0.29) is 0 Å². The van der Waals surface area contributed by atoms with Crippen LogP contribution in [0.15, 0.2) is 18.2 Å². The fourth-order valence-corrected chi connectivity index (χ4v) is 2.76. The van der Waals surface area contributed by atoms with Crippen molar-refractivity contribution in [1.29, 1.82) is 0 Å². The fourth-order valence-electron chi connectivity index (χ4n) is 2.76. The van der Waals surface area contributed by atoms with Crippen molar-refractivity contribution in [3.63, 3.8) is 0 Å². The van der Waals surface area contributed by atoms with Crippen LogP contribution < -0.4 is 5.32 Å².